The van der Waals surface area contributed by atoms with Crippen LogP contribution in [0.3, 0.4) is 0 Å². The SMILES string of the molecule is CCc1ccsc1-c1n[nH]c(=S)n1C1CC1. The predicted octanol–water partition coefficient (Wildman–Crippen LogP) is 3.57. The first-order valence-corrected chi connectivity index (χ1v) is 6.83. The van der Waals surface area contributed by atoms with E-state index in [1.807, 2.05) is 0 Å². The van der Waals surface area contributed by atoms with Gasteiger partial charge in [-0.05, 0) is 48.5 Å². The van der Waals surface area contributed by atoms with Crippen molar-refractivity contribution in [2.24, 2.45) is 0 Å². The zero-order chi connectivity index (χ0) is 11.1. The van der Waals surface area contributed by atoms with Crippen LogP contribution in [-0.4, -0.2) is 14.8 Å². The Hall–Kier alpha value is -0.940. The van der Waals surface area contributed by atoms with Gasteiger partial charge < -0.3 is 0 Å². The molecule has 2 heterocycles. The minimum atomic E-state index is 0.577. The van der Waals surface area contributed by atoms with Crippen LogP contribution in [0.2, 0.25) is 0 Å². The number of thiophene rings is 1. The topological polar surface area (TPSA) is 33.6 Å². The van der Waals surface area contributed by atoms with Gasteiger partial charge in [0.1, 0.15) is 0 Å². The summed E-state index contributed by atoms with van der Waals surface area (Å²) < 4.78 is 2.94. The molecule has 0 spiro atoms. The maximum Gasteiger partial charge on any atom is 0.195 e. The van der Waals surface area contributed by atoms with Gasteiger partial charge in [0.05, 0.1) is 4.88 Å². The van der Waals surface area contributed by atoms with Crippen LogP contribution >= 0.6 is 23.6 Å². The standard InChI is InChI=1S/C11H13N3S2/c1-2-7-5-6-16-9(7)10-12-13-11(15)14(10)8-3-4-8/h5-6,8H,2-4H2,1H3,(H,13,15). The highest BCUT2D eigenvalue weighted by molar-refractivity contribution is 7.71. The Bertz CT molecular complexity index is 560. The summed E-state index contributed by atoms with van der Waals surface area (Å²) in [6, 6.07) is 2.75. The van der Waals surface area contributed by atoms with Crippen LogP contribution in [0.25, 0.3) is 10.7 Å². The van der Waals surface area contributed by atoms with Crippen LogP contribution in [-0.2, 0) is 6.42 Å². The molecule has 0 bridgehead atoms. The largest absolute Gasteiger partial charge is 0.296 e. The maximum absolute atomic E-state index is 5.29. The van der Waals surface area contributed by atoms with Crippen LogP contribution in [0, 0.1) is 4.77 Å². The quantitative estimate of drug-likeness (QED) is 0.846. The van der Waals surface area contributed by atoms with Crippen LogP contribution in [0.1, 0.15) is 31.4 Å². The van der Waals surface area contributed by atoms with Gasteiger partial charge in [0.2, 0.25) is 0 Å². The summed E-state index contributed by atoms with van der Waals surface area (Å²) in [7, 11) is 0. The zero-order valence-electron chi connectivity index (χ0n) is 9.06. The van der Waals surface area contributed by atoms with Gasteiger partial charge in [0.25, 0.3) is 0 Å². The smallest absolute Gasteiger partial charge is 0.195 e. The van der Waals surface area contributed by atoms with E-state index in [1.54, 1.807) is 11.3 Å². The summed E-state index contributed by atoms with van der Waals surface area (Å²) in [5.74, 6) is 1.03. The van der Waals surface area contributed by atoms with Gasteiger partial charge in [0, 0.05) is 6.04 Å². The van der Waals surface area contributed by atoms with Gasteiger partial charge in [-0.25, -0.2) is 0 Å². The number of rotatable bonds is 3. The molecule has 0 aromatic carbocycles. The molecule has 16 heavy (non-hydrogen) atoms. The zero-order valence-corrected chi connectivity index (χ0v) is 10.7. The van der Waals surface area contributed by atoms with Gasteiger partial charge in [0.15, 0.2) is 10.6 Å². The van der Waals surface area contributed by atoms with Gasteiger partial charge in [-0.15, -0.1) is 11.3 Å². The molecule has 1 aliphatic carbocycles. The third-order valence-corrected chi connectivity index (χ3v) is 4.19. The Balaban J connectivity index is 2.16. The number of hydrogen-bond acceptors (Lipinski definition) is 3. The molecule has 0 saturated heterocycles. The highest BCUT2D eigenvalue weighted by Crippen LogP contribution is 2.39. The average molecular weight is 251 g/mol. The molecule has 0 radical (unpaired) electrons. The molecule has 2 aromatic rings. The van der Waals surface area contributed by atoms with Crippen molar-refractivity contribution in [3.05, 3.63) is 21.8 Å². The highest BCUT2D eigenvalue weighted by Gasteiger charge is 2.28. The number of H-pyrrole nitrogens is 1. The van der Waals surface area contributed by atoms with E-state index in [0.29, 0.717) is 6.04 Å². The van der Waals surface area contributed by atoms with Crippen molar-refractivity contribution in [3.63, 3.8) is 0 Å². The van der Waals surface area contributed by atoms with Gasteiger partial charge in [-0.2, -0.15) is 5.10 Å². The van der Waals surface area contributed by atoms with Crippen molar-refractivity contribution in [2.75, 3.05) is 0 Å². The Morgan fingerprint density at radius 2 is 2.44 bits per heavy atom. The van der Waals surface area contributed by atoms with E-state index in [-0.39, 0.29) is 0 Å². The molecule has 1 fully saturated rings. The number of nitrogens with one attached hydrogen (secondary N) is 1. The first-order valence-electron chi connectivity index (χ1n) is 5.55. The summed E-state index contributed by atoms with van der Waals surface area (Å²) in [4.78, 5) is 1.27. The van der Waals surface area contributed by atoms with Crippen LogP contribution < -0.4 is 0 Å². The molecule has 1 saturated carbocycles. The summed E-state index contributed by atoms with van der Waals surface area (Å²) in [6.45, 7) is 2.17. The number of aromatic nitrogens is 3. The fraction of sp³-hybridized carbons (Fsp3) is 0.455. The minimum absolute atomic E-state index is 0.577. The summed E-state index contributed by atoms with van der Waals surface area (Å²) in [6.07, 6.45) is 3.50. The summed E-state index contributed by atoms with van der Waals surface area (Å²) in [5.41, 5.74) is 1.36. The second-order valence-electron chi connectivity index (χ2n) is 4.08. The van der Waals surface area contributed by atoms with Crippen molar-refractivity contribution in [2.45, 2.75) is 32.2 Å². The fourth-order valence-corrected chi connectivity index (χ4v) is 3.21. The van der Waals surface area contributed by atoms with Crippen molar-refractivity contribution < 1.29 is 0 Å². The molecule has 3 rings (SSSR count). The fourth-order valence-electron chi connectivity index (χ4n) is 1.95. The van der Waals surface area contributed by atoms with E-state index in [1.165, 1.54) is 23.3 Å². The van der Waals surface area contributed by atoms with E-state index in [4.69, 9.17) is 12.2 Å². The van der Waals surface area contributed by atoms with Crippen molar-refractivity contribution in [1.82, 2.24) is 14.8 Å². The normalized spacial score (nSPS) is 15.6. The Morgan fingerprint density at radius 1 is 1.62 bits per heavy atom. The Morgan fingerprint density at radius 3 is 3.12 bits per heavy atom. The van der Waals surface area contributed by atoms with Crippen molar-refractivity contribution >= 4 is 23.6 Å². The first kappa shape index (κ1) is 10.2. The number of hydrogen-bond donors (Lipinski definition) is 1. The monoisotopic (exact) mass is 251 g/mol. The molecule has 1 aliphatic rings. The van der Waals surface area contributed by atoms with E-state index in [9.17, 15) is 0 Å². The van der Waals surface area contributed by atoms with E-state index >= 15 is 0 Å². The molecule has 0 unspecified atom stereocenters. The highest BCUT2D eigenvalue weighted by atomic mass is 32.1. The van der Waals surface area contributed by atoms with Gasteiger partial charge >= 0.3 is 0 Å². The van der Waals surface area contributed by atoms with Crippen LogP contribution in [0.15, 0.2) is 11.4 Å². The average Bonchev–Trinajstić information content (AvgIpc) is 2.89. The molecular formula is C11H13N3S2. The Labute approximate surface area is 103 Å². The third kappa shape index (κ3) is 1.55. The van der Waals surface area contributed by atoms with Gasteiger partial charge in [-0.3, -0.25) is 9.67 Å². The maximum atomic E-state index is 5.29. The molecular weight excluding hydrogens is 238 g/mol. The second kappa shape index (κ2) is 3.82. The van der Waals surface area contributed by atoms with E-state index in [2.05, 4.69) is 33.1 Å². The molecule has 5 heteroatoms. The van der Waals surface area contributed by atoms with Gasteiger partial charge in [-0.1, -0.05) is 6.92 Å². The molecule has 0 amide bonds. The predicted molar refractivity (Wildman–Crippen MR) is 68.4 cm³/mol. The van der Waals surface area contributed by atoms with Crippen molar-refractivity contribution in [3.8, 4) is 10.7 Å². The van der Waals surface area contributed by atoms with E-state index in [0.717, 1.165) is 17.0 Å². The third-order valence-electron chi connectivity index (χ3n) is 2.95. The Kier molecular flexibility index (Phi) is 2.44. The minimum Gasteiger partial charge on any atom is -0.296 e. The first-order chi connectivity index (χ1) is 7.81. The summed E-state index contributed by atoms with van der Waals surface area (Å²) >= 11 is 7.04. The number of aryl methyl sites for hydroxylation is 1. The lowest BCUT2D eigenvalue weighted by Gasteiger charge is -2.04. The van der Waals surface area contributed by atoms with Crippen LogP contribution in [0.4, 0.5) is 0 Å². The van der Waals surface area contributed by atoms with Crippen molar-refractivity contribution in [1.29, 1.82) is 0 Å². The number of nitrogens with zero attached hydrogens (tertiary/aromatic N) is 2. The lowest BCUT2D eigenvalue weighted by molar-refractivity contribution is 0.735. The number of aromatic amines is 1. The second-order valence-corrected chi connectivity index (χ2v) is 5.38. The molecule has 84 valence electrons. The lowest BCUT2D eigenvalue weighted by atomic mass is 10.2. The molecule has 0 atom stereocenters. The molecule has 0 aliphatic heterocycles. The molecule has 1 N–H and O–H groups in total. The lowest BCUT2D eigenvalue weighted by Crippen LogP contribution is -1.97. The summed E-state index contributed by atoms with van der Waals surface area (Å²) in [5, 5.41) is 9.43. The van der Waals surface area contributed by atoms with E-state index < -0.39 is 0 Å². The van der Waals surface area contributed by atoms with Crippen LogP contribution in [0.5, 0.6) is 0 Å². The molecule has 2 aromatic heterocycles. The molecule has 3 nitrogen and oxygen atoms in total.